The molecule has 0 bridgehead atoms. The third-order valence-electron chi connectivity index (χ3n) is 1.61. The molecule has 0 aromatic carbocycles. The lowest BCUT2D eigenvalue weighted by Gasteiger charge is -2.16. The Hall–Kier alpha value is -0.340. The van der Waals surface area contributed by atoms with Crippen LogP contribution < -0.4 is 0 Å². The molecule has 0 saturated carbocycles. The third kappa shape index (κ3) is 2.50. The van der Waals surface area contributed by atoms with Crippen LogP contribution in [0.15, 0.2) is 12.2 Å². The second kappa shape index (κ2) is 4.47. The monoisotopic (exact) mass is 142 g/mol. The van der Waals surface area contributed by atoms with Crippen molar-refractivity contribution in [2.45, 2.75) is 25.4 Å². The van der Waals surface area contributed by atoms with E-state index < -0.39 is 0 Å². The van der Waals surface area contributed by atoms with Gasteiger partial charge in [0.15, 0.2) is 0 Å². The van der Waals surface area contributed by atoms with Crippen LogP contribution in [0.25, 0.3) is 0 Å². The summed E-state index contributed by atoms with van der Waals surface area (Å²) in [4.78, 5) is 0. The van der Waals surface area contributed by atoms with Crippen LogP contribution in [0.2, 0.25) is 0 Å². The van der Waals surface area contributed by atoms with E-state index in [1.807, 2.05) is 0 Å². The van der Waals surface area contributed by atoms with Gasteiger partial charge in [-0.1, -0.05) is 12.2 Å². The number of aliphatic hydroxyl groups is 1. The lowest BCUT2D eigenvalue weighted by molar-refractivity contribution is 0.0691. The number of hydrogen-bond acceptors (Lipinski definition) is 2. The average molecular weight is 142 g/mol. The molecule has 10 heavy (non-hydrogen) atoms. The van der Waals surface area contributed by atoms with Crippen LogP contribution in [0.1, 0.15) is 19.3 Å². The molecule has 1 atom stereocenters. The Morgan fingerprint density at radius 2 is 2.50 bits per heavy atom. The molecule has 0 amide bonds. The molecule has 0 spiro atoms. The Labute approximate surface area is 61.5 Å². The first-order valence-corrected chi connectivity index (χ1v) is 3.82. The van der Waals surface area contributed by atoms with E-state index >= 15 is 0 Å². The van der Waals surface area contributed by atoms with Gasteiger partial charge in [-0.3, -0.25) is 0 Å². The number of rotatable bonds is 3. The highest BCUT2D eigenvalue weighted by Crippen LogP contribution is 2.09. The van der Waals surface area contributed by atoms with Gasteiger partial charge in [-0.25, -0.2) is 0 Å². The zero-order valence-electron chi connectivity index (χ0n) is 6.12. The molecule has 0 saturated heterocycles. The molecule has 0 aromatic heterocycles. The third-order valence-corrected chi connectivity index (χ3v) is 1.61. The molecule has 2 nitrogen and oxygen atoms in total. The standard InChI is InChI=1S/C8H14O2/c9-6-3-5-8-4-1-2-7-10-8/h1,4,8-9H,2-3,5-7H2. The largest absolute Gasteiger partial charge is 0.396 e. The zero-order chi connectivity index (χ0) is 7.23. The van der Waals surface area contributed by atoms with Crippen molar-refractivity contribution in [2.24, 2.45) is 0 Å². The molecule has 1 rings (SSSR count). The topological polar surface area (TPSA) is 29.5 Å². The van der Waals surface area contributed by atoms with Crippen molar-refractivity contribution in [1.29, 1.82) is 0 Å². The van der Waals surface area contributed by atoms with Crippen molar-refractivity contribution in [2.75, 3.05) is 13.2 Å². The van der Waals surface area contributed by atoms with Gasteiger partial charge in [0.1, 0.15) is 0 Å². The first-order chi connectivity index (χ1) is 4.93. The van der Waals surface area contributed by atoms with Crippen LogP contribution in [-0.2, 0) is 4.74 Å². The summed E-state index contributed by atoms with van der Waals surface area (Å²) >= 11 is 0. The number of aliphatic hydroxyl groups excluding tert-OH is 1. The van der Waals surface area contributed by atoms with E-state index in [-0.39, 0.29) is 12.7 Å². The molecular formula is C8H14O2. The first-order valence-electron chi connectivity index (χ1n) is 3.82. The van der Waals surface area contributed by atoms with Gasteiger partial charge in [-0.05, 0) is 19.3 Å². The van der Waals surface area contributed by atoms with Crippen molar-refractivity contribution in [3.8, 4) is 0 Å². The van der Waals surface area contributed by atoms with Crippen molar-refractivity contribution in [1.82, 2.24) is 0 Å². The SMILES string of the molecule is OCCCC1C=CCCO1. The van der Waals surface area contributed by atoms with Gasteiger partial charge in [-0.15, -0.1) is 0 Å². The molecule has 58 valence electrons. The minimum atomic E-state index is 0.265. The van der Waals surface area contributed by atoms with E-state index in [0.29, 0.717) is 0 Å². The first kappa shape index (κ1) is 7.76. The summed E-state index contributed by atoms with van der Waals surface area (Å²) < 4.78 is 5.38. The second-order valence-corrected chi connectivity index (χ2v) is 2.49. The summed E-state index contributed by atoms with van der Waals surface area (Å²) in [5, 5.41) is 8.52. The average Bonchev–Trinajstić information content (AvgIpc) is 2.03. The molecule has 1 aliphatic heterocycles. The van der Waals surface area contributed by atoms with Crippen molar-refractivity contribution < 1.29 is 9.84 Å². The fourth-order valence-electron chi connectivity index (χ4n) is 1.06. The molecule has 0 aromatic rings. The Bertz CT molecular complexity index is 110. The van der Waals surface area contributed by atoms with Crippen LogP contribution >= 0.6 is 0 Å². The Morgan fingerprint density at radius 3 is 3.10 bits per heavy atom. The number of hydrogen-bond donors (Lipinski definition) is 1. The van der Waals surface area contributed by atoms with Crippen LogP contribution in [0, 0.1) is 0 Å². The molecule has 1 unspecified atom stereocenters. The van der Waals surface area contributed by atoms with E-state index in [1.54, 1.807) is 0 Å². The predicted molar refractivity (Wildman–Crippen MR) is 39.8 cm³/mol. The van der Waals surface area contributed by atoms with Gasteiger partial charge >= 0.3 is 0 Å². The maximum absolute atomic E-state index is 8.52. The van der Waals surface area contributed by atoms with Crippen molar-refractivity contribution in [3.63, 3.8) is 0 Å². The van der Waals surface area contributed by atoms with E-state index in [4.69, 9.17) is 9.84 Å². The van der Waals surface area contributed by atoms with Crippen LogP contribution in [0.4, 0.5) is 0 Å². The van der Waals surface area contributed by atoms with Gasteiger partial charge in [0.05, 0.1) is 12.7 Å². The normalized spacial score (nSPS) is 25.1. The van der Waals surface area contributed by atoms with E-state index in [1.165, 1.54) is 0 Å². The van der Waals surface area contributed by atoms with Gasteiger partial charge < -0.3 is 9.84 Å². The Kier molecular flexibility index (Phi) is 3.47. The molecule has 2 heteroatoms. The highest BCUT2D eigenvalue weighted by atomic mass is 16.5. The van der Waals surface area contributed by atoms with Crippen LogP contribution in [0.5, 0.6) is 0 Å². The van der Waals surface area contributed by atoms with Gasteiger partial charge in [0.2, 0.25) is 0 Å². The van der Waals surface area contributed by atoms with Crippen molar-refractivity contribution >= 4 is 0 Å². The van der Waals surface area contributed by atoms with E-state index in [0.717, 1.165) is 25.9 Å². The van der Waals surface area contributed by atoms with Crippen LogP contribution in [-0.4, -0.2) is 24.4 Å². The predicted octanol–water partition coefficient (Wildman–Crippen LogP) is 1.10. The minimum absolute atomic E-state index is 0.265. The highest BCUT2D eigenvalue weighted by molar-refractivity contribution is 4.92. The number of ether oxygens (including phenoxy) is 1. The minimum Gasteiger partial charge on any atom is -0.396 e. The van der Waals surface area contributed by atoms with Gasteiger partial charge in [0.25, 0.3) is 0 Å². The lowest BCUT2D eigenvalue weighted by atomic mass is 10.1. The van der Waals surface area contributed by atoms with Gasteiger partial charge in [0, 0.05) is 6.61 Å². The summed E-state index contributed by atoms with van der Waals surface area (Å²) in [6.07, 6.45) is 7.32. The maximum Gasteiger partial charge on any atom is 0.0756 e. The van der Waals surface area contributed by atoms with E-state index in [9.17, 15) is 0 Å². The quantitative estimate of drug-likeness (QED) is 0.598. The van der Waals surface area contributed by atoms with Crippen LogP contribution in [0.3, 0.4) is 0 Å². The Balaban J connectivity index is 2.13. The summed E-state index contributed by atoms with van der Waals surface area (Å²) in [7, 11) is 0. The maximum atomic E-state index is 8.52. The fourth-order valence-corrected chi connectivity index (χ4v) is 1.06. The molecule has 0 fully saturated rings. The Morgan fingerprint density at radius 1 is 1.60 bits per heavy atom. The molecular weight excluding hydrogens is 128 g/mol. The summed E-state index contributed by atoms with van der Waals surface area (Å²) in [6, 6.07) is 0. The zero-order valence-corrected chi connectivity index (χ0v) is 6.12. The summed E-state index contributed by atoms with van der Waals surface area (Å²) in [5.41, 5.74) is 0. The lowest BCUT2D eigenvalue weighted by Crippen LogP contribution is -2.14. The molecule has 0 aliphatic carbocycles. The molecule has 1 N–H and O–H groups in total. The molecule has 1 aliphatic rings. The smallest absolute Gasteiger partial charge is 0.0756 e. The fraction of sp³-hybridized carbons (Fsp3) is 0.750. The summed E-state index contributed by atoms with van der Waals surface area (Å²) in [5.74, 6) is 0. The summed E-state index contributed by atoms with van der Waals surface area (Å²) in [6.45, 7) is 1.11. The second-order valence-electron chi connectivity index (χ2n) is 2.49. The van der Waals surface area contributed by atoms with Crippen molar-refractivity contribution in [3.05, 3.63) is 12.2 Å². The molecule has 1 heterocycles. The molecule has 0 radical (unpaired) electrons. The van der Waals surface area contributed by atoms with Gasteiger partial charge in [-0.2, -0.15) is 0 Å². The van der Waals surface area contributed by atoms with E-state index in [2.05, 4.69) is 12.2 Å². The highest BCUT2D eigenvalue weighted by Gasteiger charge is 2.06.